The van der Waals surface area contributed by atoms with Gasteiger partial charge in [0.1, 0.15) is 12.7 Å². The summed E-state index contributed by atoms with van der Waals surface area (Å²) >= 11 is 5.83. The Kier molecular flexibility index (Phi) is 3.10. The molecule has 0 amide bonds. The topological polar surface area (TPSA) is 52.6 Å². The fourth-order valence-electron chi connectivity index (χ4n) is 1.41. The third-order valence-electron chi connectivity index (χ3n) is 2.19. The summed E-state index contributed by atoms with van der Waals surface area (Å²) in [7, 11) is 0. The van der Waals surface area contributed by atoms with Crippen molar-refractivity contribution in [3.8, 4) is 0 Å². The molecular formula is C11H9ClO4. The van der Waals surface area contributed by atoms with Crippen molar-refractivity contribution in [2.75, 3.05) is 6.61 Å². The van der Waals surface area contributed by atoms with Crippen molar-refractivity contribution in [3.63, 3.8) is 0 Å². The first kappa shape index (κ1) is 11.0. The van der Waals surface area contributed by atoms with Gasteiger partial charge < -0.3 is 9.47 Å². The van der Waals surface area contributed by atoms with Gasteiger partial charge in [-0.3, -0.25) is 4.79 Å². The average molecular weight is 241 g/mol. The maximum Gasteiger partial charge on any atom is 0.340 e. The second-order valence-electron chi connectivity index (χ2n) is 3.39. The van der Waals surface area contributed by atoms with Gasteiger partial charge in [-0.2, -0.15) is 0 Å². The molecule has 0 aliphatic carbocycles. The van der Waals surface area contributed by atoms with Crippen molar-refractivity contribution in [1.82, 2.24) is 0 Å². The molecule has 2 rings (SSSR count). The molecule has 4 nitrogen and oxygen atoms in total. The highest BCUT2D eigenvalue weighted by Crippen LogP contribution is 2.18. The predicted octanol–water partition coefficient (Wildman–Crippen LogP) is 1.81. The Labute approximate surface area is 97.1 Å². The van der Waals surface area contributed by atoms with Gasteiger partial charge in [0.25, 0.3) is 0 Å². The smallest absolute Gasteiger partial charge is 0.340 e. The van der Waals surface area contributed by atoms with Gasteiger partial charge in [0.15, 0.2) is 0 Å². The van der Waals surface area contributed by atoms with Gasteiger partial charge in [-0.15, -0.1) is 0 Å². The van der Waals surface area contributed by atoms with E-state index in [9.17, 15) is 9.59 Å². The molecule has 0 unspecified atom stereocenters. The zero-order chi connectivity index (χ0) is 11.5. The Hall–Kier alpha value is -1.55. The number of rotatable bonds is 2. The highest BCUT2D eigenvalue weighted by molar-refractivity contribution is 6.33. The minimum atomic E-state index is -0.533. The van der Waals surface area contributed by atoms with E-state index in [1.54, 1.807) is 24.3 Å². The van der Waals surface area contributed by atoms with Gasteiger partial charge in [0.2, 0.25) is 0 Å². The van der Waals surface area contributed by atoms with Crippen molar-refractivity contribution < 1.29 is 19.1 Å². The van der Waals surface area contributed by atoms with Crippen LogP contribution in [0.4, 0.5) is 0 Å². The lowest BCUT2D eigenvalue weighted by Gasteiger charge is -2.09. The van der Waals surface area contributed by atoms with Crippen molar-refractivity contribution in [2.45, 2.75) is 12.5 Å². The van der Waals surface area contributed by atoms with E-state index in [1.165, 1.54) is 0 Å². The SMILES string of the molecule is O=C1C[C@H](OC(=O)c2ccccc2Cl)CO1. The number of hydrogen-bond acceptors (Lipinski definition) is 4. The summed E-state index contributed by atoms with van der Waals surface area (Å²) < 4.78 is 9.76. The van der Waals surface area contributed by atoms with E-state index in [4.69, 9.17) is 16.3 Å². The van der Waals surface area contributed by atoms with E-state index in [0.717, 1.165) is 0 Å². The molecular weight excluding hydrogens is 232 g/mol. The molecule has 0 spiro atoms. The second-order valence-corrected chi connectivity index (χ2v) is 3.80. The average Bonchev–Trinajstić information content (AvgIpc) is 2.64. The molecule has 1 saturated heterocycles. The van der Waals surface area contributed by atoms with E-state index >= 15 is 0 Å². The summed E-state index contributed by atoms with van der Waals surface area (Å²) in [4.78, 5) is 22.5. The van der Waals surface area contributed by atoms with Crippen LogP contribution in [0.15, 0.2) is 24.3 Å². The van der Waals surface area contributed by atoms with Crippen LogP contribution in [0.5, 0.6) is 0 Å². The number of cyclic esters (lactones) is 1. The van der Waals surface area contributed by atoms with Crippen LogP contribution in [0.2, 0.25) is 5.02 Å². The molecule has 0 N–H and O–H groups in total. The fourth-order valence-corrected chi connectivity index (χ4v) is 1.62. The third kappa shape index (κ3) is 2.33. The Balaban J connectivity index is 2.03. The Morgan fingerprint density at radius 1 is 1.44 bits per heavy atom. The summed E-state index contributed by atoms with van der Waals surface area (Å²) in [5.74, 6) is -0.883. The van der Waals surface area contributed by atoms with Gasteiger partial charge in [-0.25, -0.2) is 4.79 Å². The first-order chi connectivity index (χ1) is 7.66. The lowest BCUT2D eigenvalue weighted by atomic mass is 10.2. The summed E-state index contributed by atoms with van der Waals surface area (Å²) in [5, 5.41) is 0.331. The molecule has 0 saturated carbocycles. The molecule has 1 aromatic carbocycles. The lowest BCUT2D eigenvalue weighted by Crippen LogP contribution is -2.18. The quantitative estimate of drug-likeness (QED) is 0.740. The number of benzene rings is 1. The molecule has 1 aliphatic heterocycles. The number of esters is 2. The Bertz CT molecular complexity index is 430. The second kappa shape index (κ2) is 4.53. The van der Waals surface area contributed by atoms with Crippen molar-refractivity contribution >= 4 is 23.5 Å². The number of hydrogen-bond donors (Lipinski definition) is 0. The summed E-state index contributed by atoms with van der Waals surface area (Å²) in [6.45, 7) is 0.120. The number of carbonyl (C=O) groups excluding carboxylic acids is 2. The highest BCUT2D eigenvalue weighted by Gasteiger charge is 2.27. The van der Waals surface area contributed by atoms with Crippen LogP contribution >= 0.6 is 11.6 Å². The lowest BCUT2D eigenvalue weighted by molar-refractivity contribution is -0.137. The zero-order valence-electron chi connectivity index (χ0n) is 8.31. The van der Waals surface area contributed by atoms with E-state index in [1.807, 2.05) is 0 Å². The van der Waals surface area contributed by atoms with Crippen LogP contribution in [-0.4, -0.2) is 24.6 Å². The van der Waals surface area contributed by atoms with Crippen molar-refractivity contribution in [3.05, 3.63) is 34.9 Å². The molecule has 16 heavy (non-hydrogen) atoms. The molecule has 1 fully saturated rings. The molecule has 0 radical (unpaired) electrons. The van der Waals surface area contributed by atoms with Gasteiger partial charge in [-0.05, 0) is 12.1 Å². The van der Waals surface area contributed by atoms with Crippen LogP contribution in [0.25, 0.3) is 0 Å². The van der Waals surface area contributed by atoms with Crippen LogP contribution in [0.3, 0.4) is 0 Å². The van der Waals surface area contributed by atoms with Gasteiger partial charge in [0, 0.05) is 0 Å². The van der Waals surface area contributed by atoms with Crippen LogP contribution in [0, 0.1) is 0 Å². The maximum absolute atomic E-state index is 11.7. The summed E-state index contributed by atoms with van der Waals surface area (Å²) in [5.41, 5.74) is 0.295. The largest absolute Gasteiger partial charge is 0.462 e. The van der Waals surface area contributed by atoms with Gasteiger partial charge in [0.05, 0.1) is 17.0 Å². The van der Waals surface area contributed by atoms with Crippen molar-refractivity contribution in [1.29, 1.82) is 0 Å². The number of carbonyl (C=O) groups is 2. The highest BCUT2D eigenvalue weighted by atomic mass is 35.5. The van der Waals surface area contributed by atoms with Crippen molar-refractivity contribution in [2.24, 2.45) is 0 Å². The van der Waals surface area contributed by atoms with Gasteiger partial charge in [-0.1, -0.05) is 23.7 Å². The molecule has 1 aromatic rings. The van der Waals surface area contributed by atoms with E-state index in [2.05, 4.69) is 4.74 Å². The maximum atomic E-state index is 11.7. The molecule has 0 aromatic heterocycles. The first-order valence-corrected chi connectivity index (χ1v) is 5.16. The fraction of sp³-hybridized carbons (Fsp3) is 0.273. The molecule has 5 heteroatoms. The Morgan fingerprint density at radius 3 is 2.81 bits per heavy atom. The molecule has 0 bridgehead atoms. The van der Waals surface area contributed by atoms with Crippen LogP contribution in [-0.2, 0) is 14.3 Å². The van der Waals surface area contributed by atoms with Crippen LogP contribution in [0.1, 0.15) is 16.8 Å². The van der Waals surface area contributed by atoms with Crippen LogP contribution < -0.4 is 0 Å². The predicted molar refractivity (Wildman–Crippen MR) is 56.2 cm³/mol. The summed E-state index contributed by atoms with van der Waals surface area (Å²) in [6, 6.07) is 6.59. The van der Waals surface area contributed by atoms with E-state index < -0.39 is 12.1 Å². The number of ether oxygens (including phenoxy) is 2. The number of halogens is 1. The third-order valence-corrected chi connectivity index (χ3v) is 2.52. The molecule has 1 aliphatic rings. The minimum absolute atomic E-state index is 0.107. The first-order valence-electron chi connectivity index (χ1n) is 4.78. The molecule has 1 atom stereocenters. The van der Waals surface area contributed by atoms with E-state index in [0.29, 0.717) is 10.6 Å². The Morgan fingerprint density at radius 2 is 2.19 bits per heavy atom. The zero-order valence-corrected chi connectivity index (χ0v) is 9.07. The van der Waals surface area contributed by atoms with Gasteiger partial charge >= 0.3 is 11.9 Å². The monoisotopic (exact) mass is 240 g/mol. The molecule has 1 heterocycles. The summed E-state index contributed by atoms with van der Waals surface area (Å²) in [6.07, 6.45) is -0.396. The normalized spacial score (nSPS) is 19.3. The molecule has 84 valence electrons. The minimum Gasteiger partial charge on any atom is -0.462 e. The standard InChI is InChI=1S/C11H9ClO4/c12-9-4-2-1-3-8(9)11(14)16-7-5-10(13)15-6-7/h1-4,7H,5-6H2/t7-/m0/s1. The van der Waals surface area contributed by atoms with E-state index in [-0.39, 0.29) is 19.0 Å².